The van der Waals surface area contributed by atoms with Crippen LogP contribution in [0.4, 0.5) is 11.4 Å². The molecule has 21 heavy (non-hydrogen) atoms. The van der Waals surface area contributed by atoms with Gasteiger partial charge in [-0.2, -0.15) is 0 Å². The van der Waals surface area contributed by atoms with Crippen LogP contribution < -0.4 is 10.6 Å². The first kappa shape index (κ1) is 14.0. The number of para-hydroxylation sites is 2. The van der Waals surface area contributed by atoms with Crippen LogP contribution in [0.2, 0.25) is 0 Å². The Kier molecular flexibility index (Phi) is 3.90. The van der Waals surface area contributed by atoms with Gasteiger partial charge in [-0.15, -0.1) is 0 Å². The molecular formula is C15H12N2O2S2. The molecule has 6 heteroatoms. The van der Waals surface area contributed by atoms with Crippen molar-refractivity contribution in [3.63, 3.8) is 0 Å². The molecule has 0 aliphatic carbocycles. The van der Waals surface area contributed by atoms with Gasteiger partial charge in [0.15, 0.2) is 0 Å². The van der Waals surface area contributed by atoms with Gasteiger partial charge in [-0.25, -0.2) is 0 Å². The Hall–Kier alpha value is -1.92. The zero-order chi connectivity index (χ0) is 14.7. The number of carbonyl (C=O) groups excluding carboxylic acids is 2. The molecule has 4 nitrogen and oxygen atoms in total. The SMILES string of the molecule is O=C(Nc1ccccc1)C1(C(=O)Nc2ccccc2)SS1. The fraction of sp³-hybridized carbons (Fsp3) is 0.0667. The van der Waals surface area contributed by atoms with Gasteiger partial charge < -0.3 is 10.6 Å². The number of hydrogen-bond donors (Lipinski definition) is 2. The Bertz CT molecular complexity index is 602. The van der Waals surface area contributed by atoms with Gasteiger partial charge >= 0.3 is 0 Å². The minimum absolute atomic E-state index is 0.308. The van der Waals surface area contributed by atoms with Crippen LogP contribution in [0.5, 0.6) is 0 Å². The van der Waals surface area contributed by atoms with E-state index in [0.29, 0.717) is 11.4 Å². The van der Waals surface area contributed by atoms with E-state index < -0.39 is 4.08 Å². The largest absolute Gasteiger partial charge is 0.324 e. The zero-order valence-electron chi connectivity index (χ0n) is 10.9. The predicted octanol–water partition coefficient (Wildman–Crippen LogP) is 3.36. The number of hydrogen-bond acceptors (Lipinski definition) is 4. The Balaban J connectivity index is 1.69. The molecule has 0 saturated carbocycles. The number of carbonyl (C=O) groups is 2. The molecular weight excluding hydrogens is 304 g/mol. The van der Waals surface area contributed by atoms with E-state index in [9.17, 15) is 9.59 Å². The summed E-state index contributed by atoms with van der Waals surface area (Å²) in [6, 6.07) is 18.2. The lowest BCUT2D eigenvalue weighted by Crippen LogP contribution is -2.39. The van der Waals surface area contributed by atoms with Crippen molar-refractivity contribution < 1.29 is 9.59 Å². The van der Waals surface area contributed by atoms with Crippen molar-refractivity contribution in [1.82, 2.24) is 0 Å². The van der Waals surface area contributed by atoms with Gasteiger partial charge in [-0.1, -0.05) is 58.0 Å². The standard InChI is InChI=1S/C15H12N2O2S2/c18-13(16-11-7-3-1-4-8-11)15(20-21-15)14(19)17-12-9-5-2-6-10-12/h1-10H,(H,16,18)(H,17,19). The number of benzene rings is 2. The van der Waals surface area contributed by atoms with E-state index in [4.69, 9.17) is 0 Å². The quantitative estimate of drug-likeness (QED) is 0.516. The smallest absolute Gasteiger partial charge is 0.262 e. The van der Waals surface area contributed by atoms with Crippen molar-refractivity contribution in [3.05, 3.63) is 60.7 Å². The summed E-state index contributed by atoms with van der Waals surface area (Å²) in [6.07, 6.45) is 0. The van der Waals surface area contributed by atoms with E-state index in [1.807, 2.05) is 36.4 Å². The van der Waals surface area contributed by atoms with Crippen LogP contribution in [0.3, 0.4) is 0 Å². The van der Waals surface area contributed by atoms with Crippen LogP contribution in [-0.4, -0.2) is 15.9 Å². The number of rotatable bonds is 4. The molecule has 2 N–H and O–H groups in total. The molecule has 0 spiro atoms. The van der Waals surface area contributed by atoms with E-state index in [0.717, 1.165) is 0 Å². The fourth-order valence-electron chi connectivity index (χ4n) is 1.77. The van der Waals surface area contributed by atoms with Crippen LogP contribution in [-0.2, 0) is 9.59 Å². The Morgan fingerprint density at radius 2 is 1.10 bits per heavy atom. The molecule has 106 valence electrons. The van der Waals surface area contributed by atoms with Crippen LogP contribution in [0.25, 0.3) is 0 Å². The van der Waals surface area contributed by atoms with Crippen LogP contribution in [0.15, 0.2) is 60.7 Å². The summed E-state index contributed by atoms with van der Waals surface area (Å²) in [6.45, 7) is 0. The van der Waals surface area contributed by atoms with Crippen molar-refractivity contribution in [3.8, 4) is 0 Å². The lowest BCUT2D eigenvalue weighted by molar-refractivity contribution is -0.123. The molecule has 2 amide bonds. The Labute approximate surface area is 130 Å². The number of anilines is 2. The van der Waals surface area contributed by atoms with E-state index in [1.54, 1.807) is 24.3 Å². The third-order valence-electron chi connectivity index (χ3n) is 2.91. The summed E-state index contributed by atoms with van der Waals surface area (Å²) < 4.78 is -1.09. The van der Waals surface area contributed by atoms with E-state index in [2.05, 4.69) is 10.6 Å². The topological polar surface area (TPSA) is 58.2 Å². The second-order valence-corrected chi connectivity index (χ2v) is 7.24. The highest BCUT2D eigenvalue weighted by Crippen LogP contribution is 2.65. The molecule has 0 atom stereocenters. The van der Waals surface area contributed by atoms with Gasteiger partial charge in [0.1, 0.15) is 0 Å². The second-order valence-electron chi connectivity index (χ2n) is 4.42. The molecule has 1 fully saturated rings. The molecule has 1 aliphatic heterocycles. The lowest BCUT2D eigenvalue weighted by Gasteiger charge is -2.12. The Morgan fingerprint density at radius 1 is 0.714 bits per heavy atom. The molecule has 2 aromatic rings. The molecule has 1 heterocycles. The van der Waals surface area contributed by atoms with Gasteiger partial charge in [0.25, 0.3) is 11.8 Å². The number of amides is 2. The highest BCUT2D eigenvalue weighted by atomic mass is 33.2. The predicted molar refractivity (Wildman–Crippen MR) is 88.1 cm³/mol. The Morgan fingerprint density at radius 3 is 1.43 bits per heavy atom. The molecule has 3 rings (SSSR count). The second kappa shape index (κ2) is 5.83. The molecule has 1 aliphatic rings. The summed E-state index contributed by atoms with van der Waals surface area (Å²) >= 11 is 0. The maximum atomic E-state index is 12.3. The van der Waals surface area contributed by atoms with Gasteiger partial charge in [-0.3, -0.25) is 9.59 Å². The van der Waals surface area contributed by atoms with Crippen molar-refractivity contribution in [1.29, 1.82) is 0 Å². The van der Waals surface area contributed by atoms with Gasteiger partial charge in [0, 0.05) is 11.4 Å². The van der Waals surface area contributed by atoms with Crippen molar-refractivity contribution in [2.45, 2.75) is 4.08 Å². The molecule has 1 saturated heterocycles. The molecule has 2 aromatic carbocycles. The van der Waals surface area contributed by atoms with Crippen molar-refractivity contribution >= 4 is 44.8 Å². The van der Waals surface area contributed by atoms with Crippen LogP contribution in [0.1, 0.15) is 0 Å². The number of nitrogens with one attached hydrogen (secondary N) is 2. The normalized spacial score (nSPS) is 15.0. The molecule has 0 unspecified atom stereocenters. The maximum absolute atomic E-state index is 12.3. The average Bonchev–Trinajstić information content (AvgIpc) is 3.31. The third kappa shape index (κ3) is 3.06. The monoisotopic (exact) mass is 316 g/mol. The molecule has 0 radical (unpaired) electrons. The zero-order valence-corrected chi connectivity index (χ0v) is 12.5. The van der Waals surface area contributed by atoms with E-state index in [1.165, 1.54) is 21.6 Å². The van der Waals surface area contributed by atoms with Crippen molar-refractivity contribution in [2.75, 3.05) is 10.6 Å². The van der Waals surface area contributed by atoms with Gasteiger partial charge in [-0.05, 0) is 24.3 Å². The molecule has 0 aromatic heterocycles. The average molecular weight is 316 g/mol. The first-order chi connectivity index (χ1) is 10.2. The highest BCUT2D eigenvalue weighted by Gasteiger charge is 2.60. The summed E-state index contributed by atoms with van der Waals surface area (Å²) in [5.74, 6) is -0.616. The van der Waals surface area contributed by atoms with Gasteiger partial charge in [0.05, 0.1) is 0 Å². The highest BCUT2D eigenvalue weighted by molar-refractivity contribution is 8.94. The van der Waals surface area contributed by atoms with Gasteiger partial charge in [0.2, 0.25) is 4.08 Å². The first-order valence-corrected chi connectivity index (χ1v) is 8.45. The first-order valence-electron chi connectivity index (χ1n) is 6.30. The summed E-state index contributed by atoms with van der Waals surface area (Å²) in [4.78, 5) is 24.6. The molecule has 0 bridgehead atoms. The minimum atomic E-state index is -1.09. The summed E-state index contributed by atoms with van der Waals surface area (Å²) in [5.41, 5.74) is 1.37. The van der Waals surface area contributed by atoms with Crippen LogP contribution >= 0.6 is 21.6 Å². The minimum Gasteiger partial charge on any atom is -0.324 e. The maximum Gasteiger partial charge on any atom is 0.262 e. The summed E-state index contributed by atoms with van der Waals surface area (Å²) in [5, 5.41) is 5.54. The van der Waals surface area contributed by atoms with E-state index in [-0.39, 0.29) is 11.8 Å². The van der Waals surface area contributed by atoms with Crippen molar-refractivity contribution in [2.24, 2.45) is 0 Å². The third-order valence-corrected chi connectivity index (χ3v) is 5.65. The van der Waals surface area contributed by atoms with E-state index >= 15 is 0 Å². The van der Waals surface area contributed by atoms with Crippen LogP contribution in [0, 0.1) is 0 Å². The lowest BCUT2D eigenvalue weighted by atomic mass is 10.2. The fourth-order valence-corrected chi connectivity index (χ4v) is 3.51. The summed E-state index contributed by atoms with van der Waals surface area (Å²) in [7, 11) is 2.53.